The van der Waals surface area contributed by atoms with Crippen molar-refractivity contribution < 1.29 is 19.1 Å². The smallest absolute Gasteiger partial charge is 0.354 e. The number of benzene rings is 1. The number of aromatic nitrogens is 1. The van der Waals surface area contributed by atoms with Gasteiger partial charge in [0, 0.05) is 5.56 Å². The minimum Gasteiger partial charge on any atom is -0.477 e. The Morgan fingerprint density at radius 3 is 2.58 bits per heavy atom. The molecule has 0 atom stereocenters. The van der Waals surface area contributed by atoms with Crippen molar-refractivity contribution in [2.45, 2.75) is 0 Å². The largest absolute Gasteiger partial charge is 0.477 e. The molecular weight excluding hydrogens is 251 g/mol. The third kappa shape index (κ3) is 3.12. The van der Waals surface area contributed by atoms with Gasteiger partial charge in [-0.25, -0.2) is 14.2 Å². The van der Waals surface area contributed by atoms with Crippen LogP contribution in [0, 0.1) is 5.82 Å². The van der Waals surface area contributed by atoms with Crippen LogP contribution in [0.1, 0.15) is 20.8 Å². The molecule has 1 aromatic heterocycles. The van der Waals surface area contributed by atoms with Crippen molar-refractivity contribution in [2.24, 2.45) is 0 Å². The lowest BCUT2D eigenvalue weighted by Crippen LogP contribution is -2.14. The van der Waals surface area contributed by atoms with E-state index in [0.29, 0.717) is 0 Å². The number of anilines is 1. The molecule has 0 radical (unpaired) electrons. The summed E-state index contributed by atoms with van der Waals surface area (Å²) in [5.41, 5.74) is -0.0560. The van der Waals surface area contributed by atoms with Crippen molar-refractivity contribution in [3.63, 3.8) is 0 Å². The van der Waals surface area contributed by atoms with E-state index in [9.17, 15) is 14.0 Å². The van der Waals surface area contributed by atoms with E-state index in [-0.39, 0.29) is 17.1 Å². The number of hydrogen-bond donors (Lipinski definition) is 2. The number of halogens is 1. The number of carbonyl (C=O) groups is 2. The Bertz CT molecular complexity index is 643. The highest BCUT2D eigenvalue weighted by Crippen LogP contribution is 2.09. The van der Waals surface area contributed by atoms with Crippen molar-refractivity contribution in [1.29, 1.82) is 0 Å². The SMILES string of the molecule is O=C(Nc1cccc(C(=O)O)n1)c1cccc(F)c1. The molecule has 0 aliphatic heterocycles. The number of carbonyl (C=O) groups excluding carboxylic acids is 1. The average molecular weight is 260 g/mol. The molecule has 0 bridgehead atoms. The van der Waals surface area contributed by atoms with Crippen LogP contribution < -0.4 is 5.32 Å². The molecular formula is C13H9FN2O3. The van der Waals surface area contributed by atoms with Gasteiger partial charge in [-0.3, -0.25) is 4.79 Å². The summed E-state index contributed by atoms with van der Waals surface area (Å²) in [6.07, 6.45) is 0. The standard InChI is InChI=1S/C13H9FN2O3/c14-9-4-1-3-8(7-9)12(17)16-11-6-2-5-10(15-11)13(18)19/h1-7H,(H,18,19)(H,15,16,17). The first-order valence-corrected chi connectivity index (χ1v) is 5.33. The van der Waals surface area contributed by atoms with Gasteiger partial charge in [-0.15, -0.1) is 0 Å². The van der Waals surface area contributed by atoms with Crippen LogP contribution in [0.3, 0.4) is 0 Å². The molecule has 0 fully saturated rings. The highest BCUT2D eigenvalue weighted by molar-refractivity contribution is 6.03. The second kappa shape index (κ2) is 5.26. The van der Waals surface area contributed by atoms with Gasteiger partial charge in [-0.2, -0.15) is 0 Å². The Morgan fingerprint density at radius 1 is 1.16 bits per heavy atom. The first-order chi connectivity index (χ1) is 9.06. The Morgan fingerprint density at radius 2 is 1.89 bits per heavy atom. The number of nitrogens with one attached hydrogen (secondary N) is 1. The second-order valence-corrected chi connectivity index (χ2v) is 3.68. The Labute approximate surface area is 107 Å². The van der Waals surface area contributed by atoms with Crippen LogP contribution in [-0.2, 0) is 0 Å². The molecule has 96 valence electrons. The fourth-order valence-corrected chi connectivity index (χ4v) is 1.44. The number of hydrogen-bond acceptors (Lipinski definition) is 3. The lowest BCUT2D eigenvalue weighted by Gasteiger charge is -2.05. The van der Waals surface area contributed by atoms with Gasteiger partial charge in [0.25, 0.3) is 5.91 Å². The van der Waals surface area contributed by atoms with E-state index in [1.165, 1.54) is 36.4 Å². The van der Waals surface area contributed by atoms with Gasteiger partial charge in [0.2, 0.25) is 0 Å². The maximum Gasteiger partial charge on any atom is 0.354 e. The number of amides is 1. The second-order valence-electron chi connectivity index (χ2n) is 3.68. The fraction of sp³-hybridized carbons (Fsp3) is 0. The number of pyridine rings is 1. The van der Waals surface area contributed by atoms with E-state index in [4.69, 9.17) is 5.11 Å². The topological polar surface area (TPSA) is 79.3 Å². The maximum absolute atomic E-state index is 13.0. The molecule has 0 saturated heterocycles. The van der Waals surface area contributed by atoms with Crippen molar-refractivity contribution >= 4 is 17.7 Å². The molecule has 0 saturated carbocycles. The average Bonchev–Trinajstić information content (AvgIpc) is 2.39. The lowest BCUT2D eigenvalue weighted by molar-refractivity contribution is 0.0690. The molecule has 1 amide bonds. The molecule has 2 aromatic rings. The minimum absolute atomic E-state index is 0.0918. The van der Waals surface area contributed by atoms with Gasteiger partial charge in [-0.1, -0.05) is 12.1 Å². The number of rotatable bonds is 3. The maximum atomic E-state index is 13.0. The highest BCUT2D eigenvalue weighted by Gasteiger charge is 2.10. The molecule has 6 heteroatoms. The molecule has 19 heavy (non-hydrogen) atoms. The van der Waals surface area contributed by atoms with E-state index < -0.39 is 17.7 Å². The quantitative estimate of drug-likeness (QED) is 0.886. The monoisotopic (exact) mass is 260 g/mol. The predicted molar refractivity (Wildman–Crippen MR) is 65.5 cm³/mol. The molecule has 5 nitrogen and oxygen atoms in total. The van der Waals surface area contributed by atoms with Crippen LogP contribution in [0.4, 0.5) is 10.2 Å². The van der Waals surface area contributed by atoms with Crippen LogP contribution in [0.5, 0.6) is 0 Å². The number of nitrogens with zero attached hydrogens (tertiary/aromatic N) is 1. The summed E-state index contributed by atoms with van der Waals surface area (Å²) in [7, 11) is 0. The molecule has 2 rings (SSSR count). The lowest BCUT2D eigenvalue weighted by atomic mass is 10.2. The molecule has 1 aromatic carbocycles. The van der Waals surface area contributed by atoms with E-state index in [0.717, 1.165) is 6.07 Å². The first kappa shape index (κ1) is 12.7. The summed E-state index contributed by atoms with van der Waals surface area (Å²) in [5, 5.41) is 11.2. The van der Waals surface area contributed by atoms with E-state index in [1.807, 2.05) is 0 Å². The van der Waals surface area contributed by atoms with Crippen LogP contribution >= 0.6 is 0 Å². The summed E-state index contributed by atoms with van der Waals surface area (Å²) in [6.45, 7) is 0. The summed E-state index contributed by atoms with van der Waals surface area (Å²) >= 11 is 0. The Hall–Kier alpha value is -2.76. The van der Waals surface area contributed by atoms with Gasteiger partial charge in [0.05, 0.1) is 0 Å². The van der Waals surface area contributed by atoms with E-state index >= 15 is 0 Å². The van der Waals surface area contributed by atoms with Gasteiger partial charge in [-0.05, 0) is 30.3 Å². The van der Waals surface area contributed by atoms with E-state index in [2.05, 4.69) is 10.3 Å². The fourth-order valence-electron chi connectivity index (χ4n) is 1.44. The molecule has 1 heterocycles. The van der Waals surface area contributed by atoms with Gasteiger partial charge in [0.15, 0.2) is 5.69 Å². The summed E-state index contributed by atoms with van der Waals surface area (Å²) in [5.74, 6) is -2.19. The van der Waals surface area contributed by atoms with Gasteiger partial charge in [0.1, 0.15) is 11.6 Å². The third-order valence-corrected chi connectivity index (χ3v) is 2.30. The van der Waals surface area contributed by atoms with Crippen molar-refractivity contribution in [1.82, 2.24) is 4.98 Å². The van der Waals surface area contributed by atoms with Crippen LogP contribution in [0.25, 0.3) is 0 Å². The predicted octanol–water partition coefficient (Wildman–Crippen LogP) is 2.17. The molecule has 0 spiro atoms. The zero-order chi connectivity index (χ0) is 13.8. The van der Waals surface area contributed by atoms with Gasteiger partial charge >= 0.3 is 5.97 Å². The summed E-state index contributed by atoms with van der Waals surface area (Å²) in [4.78, 5) is 26.2. The minimum atomic E-state index is -1.19. The number of carboxylic acids is 1. The molecule has 0 aliphatic carbocycles. The third-order valence-electron chi connectivity index (χ3n) is 2.30. The normalized spacial score (nSPS) is 9.95. The van der Waals surface area contributed by atoms with Crippen LogP contribution in [-0.4, -0.2) is 22.0 Å². The molecule has 0 unspecified atom stereocenters. The van der Waals surface area contributed by atoms with Crippen LogP contribution in [0.2, 0.25) is 0 Å². The number of carboxylic acid groups (broad SMARTS) is 1. The van der Waals surface area contributed by atoms with Gasteiger partial charge < -0.3 is 10.4 Å². The summed E-state index contributed by atoms with van der Waals surface area (Å²) < 4.78 is 13.0. The van der Waals surface area contributed by atoms with Crippen molar-refractivity contribution in [3.05, 3.63) is 59.5 Å². The Balaban J connectivity index is 2.19. The number of aromatic carboxylic acids is 1. The highest BCUT2D eigenvalue weighted by atomic mass is 19.1. The first-order valence-electron chi connectivity index (χ1n) is 5.33. The summed E-state index contributed by atoms with van der Waals surface area (Å²) in [6, 6.07) is 9.36. The Kier molecular flexibility index (Phi) is 3.51. The van der Waals surface area contributed by atoms with Crippen molar-refractivity contribution in [2.75, 3.05) is 5.32 Å². The zero-order valence-electron chi connectivity index (χ0n) is 9.63. The molecule has 0 aliphatic rings. The zero-order valence-corrected chi connectivity index (χ0v) is 9.63. The van der Waals surface area contributed by atoms with Crippen molar-refractivity contribution in [3.8, 4) is 0 Å². The van der Waals surface area contributed by atoms with E-state index in [1.54, 1.807) is 0 Å². The molecule has 2 N–H and O–H groups in total. The van der Waals surface area contributed by atoms with Crippen LogP contribution in [0.15, 0.2) is 42.5 Å².